The van der Waals surface area contributed by atoms with E-state index < -0.39 is 22.1 Å². The average Bonchev–Trinajstić information content (AvgIpc) is 3.10. The predicted molar refractivity (Wildman–Crippen MR) is 78.7 cm³/mol. The lowest BCUT2D eigenvalue weighted by Crippen LogP contribution is -2.37. The van der Waals surface area contributed by atoms with E-state index in [0.29, 0.717) is 30.7 Å². The highest BCUT2D eigenvalue weighted by atomic mass is 32.2. The lowest BCUT2D eigenvalue weighted by atomic mass is 10.1. The van der Waals surface area contributed by atoms with E-state index in [0.717, 1.165) is 10.4 Å². The lowest BCUT2D eigenvalue weighted by molar-refractivity contribution is -0.159. The van der Waals surface area contributed by atoms with E-state index in [4.69, 9.17) is 0 Å². The summed E-state index contributed by atoms with van der Waals surface area (Å²) in [5, 5.41) is 3.10. The summed E-state index contributed by atoms with van der Waals surface area (Å²) in [6.07, 6.45) is -2.75. The number of fused-ring (bicyclic) bond motifs is 1. The fourth-order valence-electron chi connectivity index (χ4n) is 2.65. The van der Waals surface area contributed by atoms with Gasteiger partial charge in [-0.3, -0.25) is 0 Å². The molecule has 0 N–H and O–H groups in total. The van der Waals surface area contributed by atoms with Crippen molar-refractivity contribution in [2.24, 2.45) is 0 Å². The number of nitrogens with zero attached hydrogens (tertiary/aromatic N) is 3. The molecule has 4 rings (SSSR count). The van der Waals surface area contributed by atoms with Crippen molar-refractivity contribution in [3.63, 3.8) is 0 Å². The molecule has 2 aromatic rings. The Labute approximate surface area is 139 Å². The van der Waals surface area contributed by atoms with E-state index in [-0.39, 0.29) is 17.6 Å². The van der Waals surface area contributed by atoms with Gasteiger partial charge in [0.15, 0.2) is 0 Å². The van der Waals surface area contributed by atoms with Crippen LogP contribution in [0.3, 0.4) is 0 Å². The first-order valence-corrected chi connectivity index (χ1v) is 9.59. The number of hydrogen-bond acceptors (Lipinski definition) is 6. The third-order valence-electron chi connectivity index (χ3n) is 4.03. The van der Waals surface area contributed by atoms with Gasteiger partial charge in [-0.05, 0) is 30.9 Å². The predicted octanol–water partition coefficient (Wildman–Crippen LogP) is 2.67. The molecule has 1 fully saturated rings. The molecule has 0 atom stereocenters. The van der Waals surface area contributed by atoms with E-state index in [1.807, 2.05) is 0 Å². The minimum absolute atomic E-state index is 0.127. The second-order valence-corrected chi connectivity index (χ2v) is 9.16. The van der Waals surface area contributed by atoms with Gasteiger partial charge < -0.3 is 4.52 Å². The Morgan fingerprint density at radius 1 is 1.33 bits per heavy atom. The number of rotatable bonds is 3. The third-order valence-corrected chi connectivity index (χ3v) is 7.60. The van der Waals surface area contributed by atoms with Crippen LogP contribution in [0.1, 0.15) is 29.2 Å². The Morgan fingerprint density at radius 2 is 2.08 bits per heavy atom. The molecule has 0 unspecified atom stereocenters. The highest BCUT2D eigenvalue weighted by molar-refractivity contribution is 7.90. The van der Waals surface area contributed by atoms with Crippen LogP contribution in [-0.2, 0) is 29.2 Å². The quantitative estimate of drug-likeness (QED) is 0.820. The molecule has 0 bridgehead atoms. The first-order valence-electron chi connectivity index (χ1n) is 7.27. The molecule has 0 spiro atoms. The highest BCUT2D eigenvalue weighted by Gasteiger charge is 2.42. The normalized spacial score (nSPS) is 19.5. The van der Waals surface area contributed by atoms with E-state index in [2.05, 4.69) is 14.7 Å². The zero-order chi connectivity index (χ0) is 17.1. The van der Waals surface area contributed by atoms with Crippen molar-refractivity contribution in [3.8, 4) is 10.7 Å². The van der Waals surface area contributed by atoms with Crippen LogP contribution in [0, 0.1) is 0 Å². The highest BCUT2D eigenvalue weighted by Crippen LogP contribution is 2.38. The Kier molecular flexibility index (Phi) is 3.52. The van der Waals surface area contributed by atoms with Crippen LogP contribution in [0.4, 0.5) is 13.2 Å². The van der Waals surface area contributed by atoms with Crippen molar-refractivity contribution in [1.29, 1.82) is 0 Å². The number of thiophene rings is 1. The number of hydrogen-bond donors (Lipinski definition) is 0. The maximum atomic E-state index is 12.5. The molecule has 0 amide bonds. The van der Waals surface area contributed by atoms with Crippen LogP contribution in [0.15, 0.2) is 10.6 Å². The van der Waals surface area contributed by atoms with Crippen LogP contribution in [0.2, 0.25) is 0 Å². The van der Waals surface area contributed by atoms with Crippen LogP contribution in [0.25, 0.3) is 10.7 Å². The van der Waals surface area contributed by atoms with Crippen molar-refractivity contribution in [2.45, 2.75) is 37.2 Å². The van der Waals surface area contributed by atoms with E-state index in [1.165, 1.54) is 15.6 Å². The average molecular weight is 379 g/mol. The summed E-state index contributed by atoms with van der Waals surface area (Å²) in [4.78, 5) is 4.78. The lowest BCUT2D eigenvalue weighted by Gasteiger charge is -2.26. The summed E-state index contributed by atoms with van der Waals surface area (Å²) in [6.45, 7) is 0.639. The van der Waals surface area contributed by atoms with Crippen LogP contribution >= 0.6 is 11.3 Å². The fraction of sp³-hybridized carbons (Fsp3) is 0.538. The van der Waals surface area contributed by atoms with Crippen molar-refractivity contribution in [3.05, 3.63) is 22.4 Å². The summed E-state index contributed by atoms with van der Waals surface area (Å²) in [5.41, 5.74) is 0.795. The second kappa shape index (κ2) is 5.27. The van der Waals surface area contributed by atoms with Gasteiger partial charge >= 0.3 is 12.1 Å². The molecule has 0 radical (unpaired) electrons. The minimum atomic E-state index is -4.68. The van der Waals surface area contributed by atoms with Gasteiger partial charge in [0.2, 0.25) is 15.8 Å². The molecule has 130 valence electrons. The SMILES string of the molecule is O=S(=O)(C1CC1)N1CCc2sc(-c3noc(C(F)(F)F)n3)cc2C1. The minimum Gasteiger partial charge on any atom is -0.329 e. The molecule has 1 aliphatic carbocycles. The molecule has 2 aliphatic rings. The first kappa shape index (κ1) is 16.0. The van der Waals surface area contributed by atoms with Crippen molar-refractivity contribution >= 4 is 21.4 Å². The van der Waals surface area contributed by atoms with Gasteiger partial charge in [0.25, 0.3) is 0 Å². The maximum absolute atomic E-state index is 12.5. The summed E-state index contributed by atoms with van der Waals surface area (Å²) in [7, 11) is -3.26. The summed E-state index contributed by atoms with van der Waals surface area (Å²) in [5.74, 6) is -1.51. The molecule has 3 heterocycles. The van der Waals surface area contributed by atoms with Gasteiger partial charge in [0.1, 0.15) is 0 Å². The largest absolute Gasteiger partial charge is 0.471 e. The maximum Gasteiger partial charge on any atom is 0.471 e. The molecular formula is C13H12F3N3O3S2. The van der Waals surface area contributed by atoms with E-state index in [1.54, 1.807) is 6.07 Å². The summed E-state index contributed by atoms with van der Waals surface area (Å²) < 4.78 is 68.0. The number of halogens is 3. The molecule has 0 aromatic carbocycles. The molecule has 0 saturated heterocycles. The molecule has 1 aliphatic heterocycles. The van der Waals surface area contributed by atoms with Crippen molar-refractivity contribution in [1.82, 2.24) is 14.4 Å². The smallest absolute Gasteiger partial charge is 0.329 e. The molecule has 24 heavy (non-hydrogen) atoms. The summed E-state index contributed by atoms with van der Waals surface area (Å²) >= 11 is 1.28. The van der Waals surface area contributed by atoms with E-state index in [9.17, 15) is 21.6 Å². The van der Waals surface area contributed by atoms with Gasteiger partial charge in [0, 0.05) is 18.0 Å². The zero-order valence-electron chi connectivity index (χ0n) is 12.2. The number of alkyl halides is 3. The van der Waals surface area contributed by atoms with Gasteiger partial charge in [-0.15, -0.1) is 11.3 Å². The Morgan fingerprint density at radius 3 is 2.71 bits per heavy atom. The Bertz CT molecular complexity index is 884. The standard InChI is InChI=1S/C13H12F3N3O3S2/c14-13(15,16)12-17-11(18-22-12)10-5-7-6-19(4-3-9(7)23-10)24(20,21)8-1-2-8/h5,8H,1-4,6H2. The number of aromatic nitrogens is 2. The molecule has 6 nitrogen and oxygen atoms in total. The van der Waals surface area contributed by atoms with Gasteiger partial charge in [-0.2, -0.15) is 22.5 Å². The monoisotopic (exact) mass is 379 g/mol. The van der Waals surface area contributed by atoms with Crippen molar-refractivity contribution in [2.75, 3.05) is 6.54 Å². The fourth-order valence-corrected chi connectivity index (χ4v) is 5.56. The second-order valence-electron chi connectivity index (χ2n) is 5.81. The molecular weight excluding hydrogens is 367 g/mol. The molecule has 2 aromatic heterocycles. The molecule has 11 heteroatoms. The zero-order valence-corrected chi connectivity index (χ0v) is 13.8. The topological polar surface area (TPSA) is 76.3 Å². The Balaban J connectivity index is 1.60. The van der Waals surface area contributed by atoms with Crippen LogP contribution in [-0.4, -0.2) is 34.7 Å². The van der Waals surface area contributed by atoms with Crippen molar-refractivity contribution < 1.29 is 26.1 Å². The van der Waals surface area contributed by atoms with Gasteiger partial charge in [-0.1, -0.05) is 5.16 Å². The van der Waals surface area contributed by atoms with Gasteiger partial charge in [-0.25, -0.2) is 8.42 Å². The third kappa shape index (κ3) is 2.74. The first-order chi connectivity index (χ1) is 11.2. The Hall–Kier alpha value is -1.46. The van der Waals surface area contributed by atoms with E-state index >= 15 is 0 Å². The molecule has 1 saturated carbocycles. The van der Waals surface area contributed by atoms with Crippen LogP contribution in [0.5, 0.6) is 0 Å². The van der Waals surface area contributed by atoms with Gasteiger partial charge in [0.05, 0.1) is 10.1 Å². The summed E-state index contributed by atoms with van der Waals surface area (Å²) in [6, 6.07) is 1.65. The van der Waals surface area contributed by atoms with Crippen LogP contribution < -0.4 is 0 Å². The number of sulfonamides is 1.